The number of anilines is 2. The fourth-order valence-corrected chi connectivity index (χ4v) is 5.37. The molecule has 4 aromatic rings. The van der Waals surface area contributed by atoms with Gasteiger partial charge in [-0.25, -0.2) is 0 Å². The maximum atomic E-state index is 5.71. The summed E-state index contributed by atoms with van der Waals surface area (Å²) in [6.07, 6.45) is 0. The van der Waals surface area contributed by atoms with Gasteiger partial charge >= 0.3 is 88.2 Å². The smallest absolute Gasteiger partial charge is 0.150 e. The minimum atomic E-state index is 0.133. The first-order valence-corrected chi connectivity index (χ1v) is 11.0. The second-order valence-corrected chi connectivity index (χ2v) is 8.91. The number of nitrogens with zero attached hydrogens (tertiary/aromatic N) is 1. The molecule has 0 bridgehead atoms. The van der Waals surface area contributed by atoms with Gasteiger partial charge in [-0.1, -0.05) is 24.3 Å². The van der Waals surface area contributed by atoms with Gasteiger partial charge in [0.25, 0.3) is 0 Å². The van der Waals surface area contributed by atoms with E-state index in [1.54, 1.807) is 0 Å². The predicted octanol–water partition coefficient (Wildman–Crippen LogP) is 4.77. The van der Waals surface area contributed by atoms with Crippen molar-refractivity contribution in [1.29, 1.82) is 0 Å². The second-order valence-electron chi connectivity index (χ2n) is 6.42. The largest absolute Gasteiger partial charge is 0.453 e. The third-order valence-electron chi connectivity index (χ3n) is 4.51. The van der Waals surface area contributed by atoms with Crippen LogP contribution in [0.25, 0.3) is 0 Å². The minimum Gasteiger partial charge on any atom is -0.453 e. The summed E-state index contributed by atoms with van der Waals surface area (Å²) in [5.41, 5.74) is 3.20. The number of rotatable bonds is 0. The molecular weight excluding hydrogens is 407 g/mol. The first-order chi connectivity index (χ1) is 13.9. The van der Waals surface area contributed by atoms with Crippen LogP contribution in [0, 0.1) is 3.95 Å². The maximum Gasteiger partial charge on any atom is 0.150 e. The molecule has 0 saturated carbocycles. The van der Waals surface area contributed by atoms with Crippen LogP contribution < -0.4 is 19.8 Å². The van der Waals surface area contributed by atoms with Gasteiger partial charge in [0.05, 0.1) is 11.4 Å². The van der Waals surface area contributed by atoms with Gasteiger partial charge in [-0.2, -0.15) is 0 Å². The Kier molecular flexibility index (Phi) is 4.52. The van der Waals surface area contributed by atoms with E-state index in [4.69, 9.17) is 4.74 Å². The average Bonchev–Trinajstić information content (AvgIpc) is 2.76. The first-order valence-electron chi connectivity index (χ1n) is 9.11. The summed E-state index contributed by atoms with van der Waals surface area (Å²) >= 11 is 0.133. The van der Waals surface area contributed by atoms with E-state index in [1.165, 1.54) is 8.30 Å². The molecule has 0 fully saturated rings. The topological polar surface area (TPSA) is 33.6 Å². The van der Waals surface area contributed by atoms with Crippen LogP contribution >= 0.6 is 0 Å². The molecule has 28 heavy (non-hydrogen) atoms. The number of para-hydroxylation sites is 6. The summed E-state index contributed by atoms with van der Waals surface area (Å²) in [6, 6.07) is 32.7. The van der Waals surface area contributed by atoms with Crippen LogP contribution in [0.2, 0.25) is 0 Å². The Hall–Kier alpha value is -3.16. The van der Waals surface area contributed by atoms with Crippen LogP contribution in [-0.4, -0.2) is 15.3 Å². The summed E-state index contributed by atoms with van der Waals surface area (Å²) in [6.45, 7) is 0. The molecule has 2 aliphatic rings. The normalized spacial score (nSPS) is 12.6. The van der Waals surface area contributed by atoms with Crippen molar-refractivity contribution in [2.75, 3.05) is 5.32 Å². The quantitative estimate of drug-likeness (QED) is 0.357. The van der Waals surface area contributed by atoms with Gasteiger partial charge in [0.2, 0.25) is 0 Å². The zero-order chi connectivity index (χ0) is 18.8. The molecule has 3 nitrogen and oxygen atoms in total. The van der Waals surface area contributed by atoms with Crippen LogP contribution in [0.15, 0.2) is 102 Å². The molecule has 0 spiro atoms. The maximum absolute atomic E-state index is 5.71. The Morgan fingerprint density at radius 1 is 0.643 bits per heavy atom. The zero-order valence-corrected chi connectivity index (χ0v) is 16.9. The molecule has 0 saturated heterocycles. The summed E-state index contributed by atoms with van der Waals surface area (Å²) in [4.78, 5) is 4.63. The molecule has 2 heterocycles. The average molecular weight is 424 g/mol. The Morgan fingerprint density at radius 2 is 1.25 bits per heavy atom. The molecule has 0 radical (unpaired) electrons. The van der Waals surface area contributed by atoms with E-state index in [0.29, 0.717) is 0 Å². The molecule has 2 aliphatic heterocycles. The van der Waals surface area contributed by atoms with E-state index in [-0.39, 0.29) is 15.3 Å². The molecule has 0 unspecified atom stereocenters. The Labute approximate surface area is 169 Å². The van der Waals surface area contributed by atoms with Crippen LogP contribution in [0.4, 0.5) is 17.1 Å². The van der Waals surface area contributed by atoms with E-state index in [2.05, 4.69) is 58.8 Å². The van der Waals surface area contributed by atoms with Gasteiger partial charge in [-0.05, 0) is 24.3 Å². The standard InChI is InChI=1S/C12H8AsN.C12H9NO/c2*1-3-7-11-9(5-1)13-10-6-2-4-8-12(10)14-11/h1-8H;1-8,13H. The van der Waals surface area contributed by atoms with Gasteiger partial charge in [-0.15, -0.1) is 0 Å². The van der Waals surface area contributed by atoms with E-state index in [0.717, 1.165) is 33.9 Å². The van der Waals surface area contributed by atoms with Gasteiger partial charge in [-0.3, -0.25) is 0 Å². The molecule has 0 aliphatic carbocycles. The first kappa shape index (κ1) is 17.0. The monoisotopic (exact) mass is 424 g/mol. The van der Waals surface area contributed by atoms with Crippen molar-refractivity contribution in [2.24, 2.45) is 4.99 Å². The van der Waals surface area contributed by atoms with E-state index >= 15 is 0 Å². The van der Waals surface area contributed by atoms with Crippen LogP contribution in [0.3, 0.4) is 0 Å². The number of nitrogens with one attached hydrogen (secondary N) is 1. The van der Waals surface area contributed by atoms with Gasteiger partial charge < -0.3 is 10.1 Å². The van der Waals surface area contributed by atoms with Crippen molar-refractivity contribution >= 4 is 36.7 Å². The number of fused-ring (bicyclic) bond motifs is 4. The van der Waals surface area contributed by atoms with Crippen LogP contribution in [0.1, 0.15) is 0 Å². The number of hydrogen-bond donors (Lipinski definition) is 1. The molecule has 0 amide bonds. The third-order valence-corrected chi connectivity index (χ3v) is 7.11. The third kappa shape index (κ3) is 3.37. The van der Waals surface area contributed by atoms with Crippen molar-refractivity contribution in [3.05, 3.63) is 106 Å². The van der Waals surface area contributed by atoms with Gasteiger partial charge in [0.15, 0.2) is 11.5 Å². The summed E-state index contributed by atoms with van der Waals surface area (Å²) < 4.78 is 8.55. The van der Waals surface area contributed by atoms with E-state index in [9.17, 15) is 0 Å². The molecular formula is C24H17AsN2O. The molecule has 6 rings (SSSR count). The van der Waals surface area contributed by atoms with Crippen molar-refractivity contribution in [2.45, 2.75) is 0 Å². The SMILES string of the molecule is c1ccc2c(c1)N=c1ccccc1=[As]2.c1ccc2c(c1)Nc1ccccc1O2. The number of ether oxygens (including phenoxy) is 1. The van der Waals surface area contributed by atoms with E-state index in [1.807, 2.05) is 48.5 Å². The van der Waals surface area contributed by atoms with Gasteiger partial charge in [0.1, 0.15) is 0 Å². The molecule has 134 valence electrons. The summed E-state index contributed by atoms with van der Waals surface area (Å²) in [5, 5.41) is 4.47. The molecule has 4 heteroatoms. The van der Waals surface area contributed by atoms with E-state index < -0.39 is 0 Å². The van der Waals surface area contributed by atoms with Crippen LogP contribution in [-0.2, 0) is 0 Å². The Balaban J connectivity index is 0.000000122. The number of hydrogen-bond acceptors (Lipinski definition) is 3. The Morgan fingerprint density at radius 3 is 2.04 bits per heavy atom. The second kappa shape index (κ2) is 7.46. The van der Waals surface area contributed by atoms with Crippen molar-refractivity contribution in [3.63, 3.8) is 0 Å². The summed E-state index contributed by atoms with van der Waals surface area (Å²) in [7, 11) is 0. The Bertz CT molecular complexity index is 1140. The zero-order valence-electron chi connectivity index (χ0n) is 15.0. The molecule has 0 atom stereocenters. The van der Waals surface area contributed by atoms with Crippen molar-refractivity contribution < 1.29 is 4.74 Å². The van der Waals surface area contributed by atoms with Crippen molar-refractivity contribution in [3.8, 4) is 11.5 Å². The predicted molar refractivity (Wildman–Crippen MR) is 114 cm³/mol. The van der Waals surface area contributed by atoms with Crippen LogP contribution in [0.5, 0.6) is 11.5 Å². The van der Waals surface area contributed by atoms with Gasteiger partial charge in [0, 0.05) is 0 Å². The fourth-order valence-electron chi connectivity index (χ4n) is 3.15. The molecule has 0 aromatic heterocycles. The minimum absolute atomic E-state index is 0.133. The molecule has 1 N–H and O–H groups in total. The number of benzene rings is 4. The van der Waals surface area contributed by atoms with Crippen molar-refractivity contribution in [1.82, 2.24) is 0 Å². The summed E-state index contributed by atoms with van der Waals surface area (Å²) in [5.74, 6) is 1.76. The fraction of sp³-hybridized carbons (Fsp3) is 0. The molecule has 4 aromatic carbocycles.